The first kappa shape index (κ1) is 17.9. The molecule has 0 N–H and O–H groups in total. The van der Waals surface area contributed by atoms with Crippen LogP contribution >= 0.6 is 0 Å². The van der Waals surface area contributed by atoms with E-state index in [0.29, 0.717) is 12.8 Å². The third-order valence-electron chi connectivity index (χ3n) is 4.04. The van der Waals surface area contributed by atoms with Crippen molar-refractivity contribution in [2.75, 3.05) is 14.2 Å². The number of carbonyl (C=O) groups excluding carboxylic acids is 3. The predicted octanol–water partition coefficient (Wildman–Crippen LogP) is 2.18. The molecular formula is C17H22O5. The highest BCUT2D eigenvalue weighted by atomic mass is 16.5. The maximum absolute atomic E-state index is 12.1. The summed E-state index contributed by atoms with van der Waals surface area (Å²) in [6, 6.07) is 9.68. The number of aldehydes is 1. The summed E-state index contributed by atoms with van der Waals surface area (Å²) in [4.78, 5) is 35.2. The van der Waals surface area contributed by atoms with E-state index in [9.17, 15) is 14.4 Å². The lowest BCUT2D eigenvalue weighted by atomic mass is 9.72. The Balaban J connectivity index is 3.00. The molecule has 1 unspecified atom stereocenters. The van der Waals surface area contributed by atoms with Crippen molar-refractivity contribution in [1.82, 2.24) is 0 Å². The molecule has 1 aromatic rings. The van der Waals surface area contributed by atoms with Crippen molar-refractivity contribution in [3.63, 3.8) is 0 Å². The molecule has 1 atom stereocenters. The predicted molar refractivity (Wildman–Crippen MR) is 81.1 cm³/mol. The van der Waals surface area contributed by atoms with Crippen molar-refractivity contribution in [1.29, 1.82) is 0 Å². The van der Waals surface area contributed by atoms with Crippen molar-refractivity contribution >= 4 is 18.2 Å². The van der Waals surface area contributed by atoms with Crippen molar-refractivity contribution in [2.45, 2.75) is 26.2 Å². The van der Waals surface area contributed by atoms with Crippen LogP contribution in [0.15, 0.2) is 30.3 Å². The fourth-order valence-electron chi connectivity index (χ4n) is 2.58. The Morgan fingerprint density at radius 1 is 1.14 bits per heavy atom. The Labute approximate surface area is 130 Å². The van der Waals surface area contributed by atoms with Gasteiger partial charge in [0, 0.05) is 6.42 Å². The largest absolute Gasteiger partial charge is 0.468 e. The van der Waals surface area contributed by atoms with Crippen LogP contribution in [0, 0.1) is 11.3 Å². The van der Waals surface area contributed by atoms with E-state index in [1.165, 1.54) is 21.1 Å². The molecule has 0 bridgehead atoms. The van der Waals surface area contributed by atoms with Crippen LogP contribution in [0.3, 0.4) is 0 Å². The number of esters is 2. The molecule has 0 aliphatic rings. The van der Waals surface area contributed by atoms with Gasteiger partial charge in [-0.2, -0.15) is 0 Å². The van der Waals surface area contributed by atoms with Gasteiger partial charge < -0.3 is 14.3 Å². The van der Waals surface area contributed by atoms with Crippen molar-refractivity contribution in [3.05, 3.63) is 35.9 Å². The number of carbonyl (C=O) groups is 3. The molecule has 0 amide bonds. The monoisotopic (exact) mass is 306 g/mol. The van der Waals surface area contributed by atoms with Crippen LogP contribution in [0.1, 0.15) is 25.3 Å². The van der Waals surface area contributed by atoms with Crippen LogP contribution in [0.5, 0.6) is 0 Å². The lowest BCUT2D eigenvalue weighted by Gasteiger charge is -2.31. The molecule has 1 aromatic carbocycles. The summed E-state index contributed by atoms with van der Waals surface area (Å²) in [6.45, 7) is 1.48. The molecule has 0 heterocycles. The Bertz CT molecular complexity index is 493. The van der Waals surface area contributed by atoms with E-state index in [2.05, 4.69) is 0 Å². The summed E-state index contributed by atoms with van der Waals surface area (Å²) >= 11 is 0. The number of hydrogen-bond acceptors (Lipinski definition) is 5. The molecule has 0 aliphatic heterocycles. The van der Waals surface area contributed by atoms with Gasteiger partial charge in [0.25, 0.3) is 0 Å². The van der Waals surface area contributed by atoms with Gasteiger partial charge in [-0.05, 0) is 31.2 Å². The van der Waals surface area contributed by atoms with Gasteiger partial charge >= 0.3 is 11.9 Å². The molecule has 0 saturated carbocycles. The summed E-state index contributed by atoms with van der Waals surface area (Å²) in [5.41, 5.74) is -0.408. The maximum atomic E-state index is 12.1. The second-order valence-electron chi connectivity index (χ2n) is 5.31. The quantitative estimate of drug-likeness (QED) is 0.418. The van der Waals surface area contributed by atoms with Crippen LogP contribution in [0.4, 0.5) is 0 Å². The summed E-state index contributed by atoms with van der Waals surface area (Å²) in [5, 5.41) is 0. The molecule has 120 valence electrons. The van der Waals surface area contributed by atoms with Gasteiger partial charge in [-0.25, -0.2) is 0 Å². The molecule has 1 rings (SSSR count). The number of hydrogen-bond donors (Lipinski definition) is 0. The highest BCUT2D eigenvalue weighted by molar-refractivity contribution is 6.00. The van der Waals surface area contributed by atoms with Gasteiger partial charge in [0.05, 0.1) is 14.2 Å². The second kappa shape index (κ2) is 8.32. The Morgan fingerprint density at radius 2 is 1.68 bits per heavy atom. The average Bonchev–Trinajstić information content (AvgIpc) is 2.57. The first-order valence-corrected chi connectivity index (χ1v) is 7.15. The molecule has 0 saturated heterocycles. The number of aryl methyl sites for hydroxylation is 1. The molecule has 0 aromatic heterocycles. The lowest BCUT2D eigenvalue weighted by molar-refractivity contribution is -0.172. The molecule has 5 heteroatoms. The Hall–Kier alpha value is -2.17. The van der Waals surface area contributed by atoms with Crippen LogP contribution in [0.2, 0.25) is 0 Å². The van der Waals surface area contributed by atoms with Gasteiger partial charge in [-0.3, -0.25) is 9.59 Å². The van der Waals surface area contributed by atoms with E-state index < -0.39 is 23.3 Å². The molecule has 5 nitrogen and oxygen atoms in total. The molecule has 22 heavy (non-hydrogen) atoms. The molecule has 0 radical (unpaired) electrons. The fourth-order valence-corrected chi connectivity index (χ4v) is 2.58. The molecular weight excluding hydrogens is 284 g/mol. The van der Waals surface area contributed by atoms with Gasteiger partial charge in [0.2, 0.25) is 0 Å². The third kappa shape index (κ3) is 3.93. The zero-order valence-electron chi connectivity index (χ0n) is 13.2. The topological polar surface area (TPSA) is 69.7 Å². The van der Waals surface area contributed by atoms with Crippen molar-refractivity contribution in [2.24, 2.45) is 11.3 Å². The minimum atomic E-state index is -1.49. The fraction of sp³-hybridized carbons (Fsp3) is 0.471. The van der Waals surface area contributed by atoms with Crippen molar-refractivity contribution in [3.8, 4) is 0 Å². The first-order chi connectivity index (χ1) is 10.5. The summed E-state index contributed by atoms with van der Waals surface area (Å²) in [6.07, 6.45) is 1.97. The summed E-state index contributed by atoms with van der Waals surface area (Å²) < 4.78 is 9.52. The molecule has 0 fully saturated rings. The lowest BCUT2D eigenvalue weighted by Crippen LogP contribution is -2.45. The highest BCUT2D eigenvalue weighted by Crippen LogP contribution is 2.36. The minimum Gasteiger partial charge on any atom is -0.468 e. The van der Waals surface area contributed by atoms with Crippen LogP contribution in [-0.2, 0) is 30.3 Å². The molecule has 0 aliphatic carbocycles. The number of ether oxygens (including phenoxy) is 2. The highest BCUT2D eigenvalue weighted by Gasteiger charge is 2.49. The number of benzene rings is 1. The van der Waals surface area contributed by atoms with Gasteiger partial charge in [-0.1, -0.05) is 30.3 Å². The number of rotatable bonds is 8. The third-order valence-corrected chi connectivity index (χ3v) is 4.04. The maximum Gasteiger partial charge on any atom is 0.323 e. The normalized spacial score (nSPS) is 12.3. The Morgan fingerprint density at radius 3 is 2.14 bits per heavy atom. The van der Waals surface area contributed by atoms with Gasteiger partial charge in [0.1, 0.15) is 6.29 Å². The van der Waals surface area contributed by atoms with E-state index in [1.54, 1.807) is 0 Å². The van der Waals surface area contributed by atoms with E-state index in [4.69, 9.17) is 9.47 Å². The van der Waals surface area contributed by atoms with Gasteiger partial charge in [-0.15, -0.1) is 0 Å². The smallest absolute Gasteiger partial charge is 0.323 e. The summed E-state index contributed by atoms with van der Waals surface area (Å²) in [7, 11) is 2.44. The van der Waals surface area contributed by atoms with Crippen LogP contribution in [-0.4, -0.2) is 32.4 Å². The Kier molecular flexibility index (Phi) is 6.76. The van der Waals surface area contributed by atoms with Crippen molar-refractivity contribution < 1.29 is 23.9 Å². The van der Waals surface area contributed by atoms with E-state index in [-0.39, 0.29) is 6.42 Å². The van der Waals surface area contributed by atoms with E-state index >= 15 is 0 Å². The number of methoxy groups -OCH3 is 2. The zero-order chi connectivity index (χ0) is 16.6. The summed E-state index contributed by atoms with van der Waals surface area (Å²) in [5.74, 6) is -1.84. The van der Waals surface area contributed by atoms with Crippen LogP contribution in [0.25, 0.3) is 0 Å². The van der Waals surface area contributed by atoms with Crippen LogP contribution < -0.4 is 0 Å². The van der Waals surface area contributed by atoms with Gasteiger partial charge in [0.15, 0.2) is 5.41 Å². The molecule has 0 spiro atoms. The van der Waals surface area contributed by atoms with E-state index in [1.807, 2.05) is 30.3 Å². The second-order valence-corrected chi connectivity index (χ2v) is 5.31. The average molecular weight is 306 g/mol. The minimum absolute atomic E-state index is 0.0908. The standard InChI is InChI=1S/C17H22O5/c1-17(15(19)21-2,16(20)22-3)14(11-12-18)10-9-13-7-5-4-6-8-13/h4-8,12,14H,9-11H2,1-3H3. The first-order valence-electron chi connectivity index (χ1n) is 7.15. The zero-order valence-corrected chi connectivity index (χ0v) is 13.2. The van der Waals surface area contributed by atoms with E-state index in [0.717, 1.165) is 11.8 Å². The SMILES string of the molecule is COC(=O)C(C)(C(=O)OC)C(CC=O)CCc1ccccc1.